The summed E-state index contributed by atoms with van der Waals surface area (Å²) < 4.78 is 55.7. The minimum Gasteiger partial charge on any atom is -0.244 e. The first-order valence-corrected chi connectivity index (χ1v) is 6.37. The van der Waals surface area contributed by atoms with E-state index in [1.807, 2.05) is 0 Å². The van der Waals surface area contributed by atoms with Crippen LogP contribution in [0.1, 0.15) is 33.6 Å². The summed E-state index contributed by atoms with van der Waals surface area (Å²) in [6.45, 7) is 2.78. The largest absolute Gasteiger partial charge is 0.244 e. The van der Waals surface area contributed by atoms with E-state index in [-0.39, 0.29) is 6.42 Å². The molecule has 22 heavy (non-hydrogen) atoms. The summed E-state index contributed by atoms with van der Waals surface area (Å²) in [4.78, 5) is 0. The molecule has 0 aliphatic rings. The van der Waals surface area contributed by atoms with Crippen molar-refractivity contribution in [3.8, 4) is 18.2 Å². The monoisotopic (exact) mass is 313 g/mol. The molecular weight excluding hydrogens is 298 g/mol. The number of rotatable bonds is 6. The maximum atomic E-state index is 14.3. The normalized spacial score (nSPS) is 15.1. The molecule has 0 fully saturated rings. The first-order valence-electron chi connectivity index (χ1n) is 6.37. The minimum absolute atomic E-state index is 0.300. The quantitative estimate of drug-likeness (QED) is 0.526. The van der Waals surface area contributed by atoms with Gasteiger partial charge >= 0.3 is 0 Å². The third kappa shape index (κ3) is 4.90. The van der Waals surface area contributed by atoms with E-state index in [2.05, 4.69) is 0 Å². The fraction of sp³-hybridized carbons (Fsp3) is 0.533. The molecule has 0 rings (SSSR count). The molecule has 1 unspecified atom stereocenters. The third-order valence-electron chi connectivity index (χ3n) is 3.01. The fourth-order valence-corrected chi connectivity index (χ4v) is 1.84. The van der Waals surface area contributed by atoms with Crippen molar-refractivity contribution in [3.63, 3.8) is 0 Å². The van der Waals surface area contributed by atoms with E-state index in [9.17, 15) is 17.6 Å². The van der Waals surface area contributed by atoms with Crippen LogP contribution in [0.15, 0.2) is 23.1 Å². The maximum Gasteiger partial charge on any atom is 0.160 e. The Balaban J connectivity index is 5.92. The van der Waals surface area contributed by atoms with Gasteiger partial charge in [0.15, 0.2) is 5.83 Å². The van der Waals surface area contributed by atoms with E-state index in [1.54, 1.807) is 6.07 Å². The number of halogens is 4. The molecule has 0 radical (unpaired) electrons. The van der Waals surface area contributed by atoms with Gasteiger partial charge in [-0.1, -0.05) is 0 Å². The average molecular weight is 313 g/mol. The van der Waals surface area contributed by atoms with Crippen molar-refractivity contribution in [1.29, 1.82) is 15.8 Å². The Morgan fingerprint density at radius 2 is 1.59 bits per heavy atom. The van der Waals surface area contributed by atoms with E-state index in [0.717, 1.165) is 20.8 Å². The Kier molecular flexibility index (Phi) is 7.33. The molecule has 3 nitrogen and oxygen atoms in total. The highest BCUT2D eigenvalue weighted by Gasteiger charge is 2.41. The van der Waals surface area contributed by atoms with Crippen LogP contribution in [-0.2, 0) is 0 Å². The molecule has 0 amide bonds. The lowest BCUT2D eigenvalue weighted by Crippen LogP contribution is -2.32. The summed E-state index contributed by atoms with van der Waals surface area (Å²) in [5.74, 6) is -7.82. The van der Waals surface area contributed by atoms with Crippen LogP contribution < -0.4 is 0 Å². The van der Waals surface area contributed by atoms with Gasteiger partial charge in [0.25, 0.3) is 0 Å². The van der Waals surface area contributed by atoms with Crippen molar-refractivity contribution in [3.05, 3.63) is 23.1 Å². The molecule has 0 saturated heterocycles. The molecule has 0 aliphatic carbocycles. The molecule has 7 heteroatoms. The van der Waals surface area contributed by atoms with Crippen molar-refractivity contribution >= 4 is 0 Å². The zero-order valence-electron chi connectivity index (χ0n) is 12.4. The first kappa shape index (κ1) is 19.7. The topological polar surface area (TPSA) is 71.4 Å². The molecule has 0 aliphatic heterocycles. The molecular formula is C15H15F4N3. The number of nitrogens with zero attached hydrogens (tertiary/aromatic N) is 3. The highest BCUT2D eigenvalue weighted by molar-refractivity contribution is 5.32. The Bertz CT molecular complexity index is 580. The summed E-state index contributed by atoms with van der Waals surface area (Å²) in [6.07, 6.45) is -0.845. The minimum atomic E-state index is -2.33. The van der Waals surface area contributed by atoms with Gasteiger partial charge in [0.1, 0.15) is 23.2 Å². The van der Waals surface area contributed by atoms with Gasteiger partial charge < -0.3 is 0 Å². The van der Waals surface area contributed by atoms with Gasteiger partial charge in [0.05, 0.1) is 24.1 Å². The lowest BCUT2D eigenvalue weighted by molar-refractivity contribution is 0.116. The maximum absolute atomic E-state index is 14.3. The van der Waals surface area contributed by atoms with Gasteiger partial charge in [-0.3, -0.25) is 0 Å². The summed E-state index contributed by atoms with van der Waals surface area (Å²) in [6, 6.07) is 4.50. The van der Waals surface area contributed by atoms with Crippen LogP contribution in [0.5, 0.6) is 0 Å². The molecule has 0 N–H and O–H groups in total. The van der Waals surface area contributed by atoms with Crippen molar-refractivity contribution in [2.75, 3.05) is 0 Å². The number of hydrogen-bond donors (Lipinski definition) is 0. The Hall–Kier alpha value is -2.33. The number of nitriles is 3. The summed E-state index contributed by atoms with van der Waals surface area (Å²) >= 11 is 0. The van der Waals surface area contributed by atoms with Crippen molar-refractivity contribution in [2.45, 2.75) is 39.3 Å². The predicted molar refractivity (Wildman–Crippen MR) is 71.3 cm³/mol. The van der Waals surface area contributed by atoms with Crippen LogP contribution >= 0.6 is 0 Å². The average Bonchev–Trinajstić information content (AvgIpc) is 2.46. The van der Waals surface area contributed by atoms with Crippen molar-refractivity contribution in [1.82, 2.24) is 0 Å². The molecule has 0 saturated carbocycles. The third-order valence-corrected chi connectivity index (χ3v) is 3.01. The standard InChI is InChI=1S/C15H15F4N3/c1-9(13(17)11(16)5-4-6-20)14(18)12(15(2,3)19)10(7-21)8-22/h10,12H,4-5H2,1-3H3/b13-11-,14-9-. The number of alkyl halides is 1. The van der Waals surface area contributed by atoms with Gasteiger partial charge in [-0.15, -0.1) is 0 Å². The summed E-state index contributed by atoms with van der Waals surface area (Å²) in [5, 5.41) is 25.9. The van der Waals surface area contributed by atoms with Crippen LogP contribution in [0.3, 0.4) is 0 Å². The highest BCUT2D eigenvalue weighted by Crippen LogP contribution is 2.38. The van der Waals surface area contributed by atoms with E-state index >= 15 is 0 Å². The molecule has 0 spiro atoms. The molecule has 0 bridgehead atoms. The molecule has 118 valence electrons. The SMILES string of the molecule is CC(/C(F)=C(/F)CCC#N)=C(/F)C(C(C#N)C#N)C(C)(C)F. The first-order chi connectivity index (χ1) is 10.1. The second-order valence-corrected chi connectivity index (χ2v) is 5.13. The molecule has 1 atom stereocenters. The van der Waals surface area contributed by atoms with Gasteiger partial charge in [-0.2, -0.15) is 15.8 Å². The van der Waals surface area contributed by atoms with Crippen LogP contribution in [0.25, 0.3) is 0 Å². The van der Waals surface area contributed by atoms with Crippen molar-refractivity contribution in [2.24, 2.45) is 11.8 Å². The molecule has 0 aromatic carbocycles. The van der Waals surface area contributed by atoms with Crippen LogP contribution in [0, 0.1) is 45.8 Å². The van der Waals surface area contributed by atoms with Crippen LogP contribution in [-0.4, -0.2) is 5.67 Å². The lowest BCUT2D eigenvalue weighted by Gasteiger charge is -2.27. The highest BCUT2D eigenvalue weighted by atomic mass is 19.2. The lowest BCUT2D eigenvalue weighted by atomic mass is 9.80. The van der Waals surface area contributed by atoms with E-state index in [0.29, 0.717) is 0 Å². The van der Waals surface area contributed by atoms with E-state index in [4.69, 9.17) is 15.8 Å². The van der Waals surface area contributed by atoms with E-state index < -0.39 is 47.0 Å². The number of hydrogen-bond acceptors (Lipinski definition) is 3. The van der Waals surface area contributed by atoms with Crippen LogP contribution in [0.4, 0.5) is 17.6 Å². The molecule has 0 aromatic heterocycles. The zero-order valence-corrected chi connectivity index (χ0v) is 12.4. The second kappa shape index (κ2) is 8.20. The van der Waals surface area contributed by atoms with Crippen LogP contribution in [0.2, 0.25) is 0 Å². The second-order valence-electron chi connectivity index (χ2n) is 5.13. The summed E-state index contributed by atoms with van der Waals surface area (Å²) in [7, 11) is 0. The van der Waals surface area contributed by atoms with Crippen molar-refractivity contribution < 1.29 is 17.6 Å². The van der Waals surface area contributed by atoms with Gasteiger partial charge in [-0.25, -0.2) is 17.6 Å². The Morgan fingerprint density at radius 3 is 1.95 bits per heavy atom. The van der Waals surface area contributed by atoms with Gasteiger partial charge in [-0.05, 0) is 20.8 Å². The predicted octanol–water partition coefficient (Wildman–Crippen LogP) is 4.71. The molecule has 0 heterocycles. The Morgan fingerprint density at radius 1 is 1.09 bits per heavy atom. The zero-order chi connectivity index (χ0) is 17.5. The fourth-order valence-electron chi connectivity index (χ4n) is 1.84. The Labute approximate surface area is 126 Å². The summed E-state index contributed by atoms with van der Waals surface area (Å²) in [5.41, 5.74) is -3.15. The number of allylic oxidation sites excluding steroid dienone is 4. The van der Waals surface area contributed by atoms with E-state index in [1.165, 1.54) is 12.1 Å². The van der Waals surface area contributed by atoms with Gasteiger partial charge in [0.2, 0.25) is 0 Å². The smallest absolute Gasteiger partial charge is 0.160 e. The van der Waals surface area contributed by atoms with Gasteiger partial charge in [0, 0.05) is 18.4 Å². The molecule has 0 aromatic rings.